The molecule has 106 valence electrons. The fraction of sp³-hybridized carbons (Fsp3) is 0.643. The Balaban J connectivity index is 1.77. The number of hydrogen-bond acceptors (Lipinski definition) is 5. The summed E-state index contributed by atoms with van der Waals surface area (Å²) in [5.74, 6) is 0. The van der Waals surface area contributed by atoms with Gasteiger partial charge in [0.25, 0.3) is 0 Å². The summed E-state index contributed by atoms with van der Waals surface area (Å²) in [5, 5.41) is 4.94. The highest BCUT2D eigenvalue weighted by Gasteiger charge is 2.25. The predicted molar refractivity (Wildman–Crippen MR) is 77.5 cm³/mol. The van der Waals surface area contributed by atoms with E-state index in [4.69, 9.17) is 9.47 Å². The van der Waals surface area contributed by atoms with Gasteiger partial charge in [0.15, 0.2) is 0 Å². The minimum Gasteiger partial charge on any atom is -0.383 e. The minimum absolute atomic E-state index is 0.335. The highest BCUT2D eigenvalue weighted by molar-refractivity contribution is 7.99. The number of thioether (sulfide) groups is 1. The number of aromatic nitrogens is 1. The molecule has 1 aliphatic heterocycles. The summed E-state index contributed by atoms with van der Waals surface area (Å²) in [6.45, 7) is 5.45. The van der Waals surface area contributed by atoms with E-state index in [2.05, 4.69) is 29.4 Å². The number of nitrogens with one attached hydrogen (secondary N) is 1. The summed E-state index contributed by atoms with van der Waals surface area (Å²) in [4.78, 5) is 4.51. The Kier molecular flexibility index (Phi) is 6.10. The van der Waals surface area contributed by atoms with Crippen LogP contribution in [0.15, 0.2) is 23.4 Å². The van der Waals surface area contributed by atoms with E-state index >= 15 is 0 Å². The molecule has 1 N–H and O–H groups in total. The van der Waals surface area contributed by atoms with Gasteiger partial charge in [-0.15, -0.1) is 11.8 Å². The summed E-state index contributed by atoms with van der Waals surface area (Å²) in [6, 6.07) is 4.23. The molecule has 1 saturated heterocycles. The van der Waals surface area contributed by atoms with Crippen molar-refractivity contribution in [2.45, 2.75) is 36.3 Å². The van der Waals surface area contributed by atoms with Crippen LogP contribution in [0.1, 0.15) is 18.9 Å². The summed E-state index contributed by atoms with van der Waals surface area (Å²) in [5.41, 5.74) is 1.20. The molecule has 2 heterocycles. The molecule has 0 spiro atoms. The first kappa shape index (κ1) is 14.8. The second-order valence-corrected chi connectivity index (χ2v) is 5.95. The Labute approximate surface area is 119 Å². The van der Waals surface area contributed by atoms with Crippen molar-refractivity contribution in [1.82, 2.24) is 10.3 Å². The molecule has 2 unspecified atom stereocenters. The van der Waals surface area contributed by atoms with Crippen molar-refractivity contribution >= 4 is 11.8 Å². The van der Waals surface area contributed by atoms with E-state index in [1.165, 1.54) is 5.56 Å². The molecule has 5 heteroatoms. The summed E-state index contributed by atoms with van der Waals surface area (Å²) < 4.78 is 10.6. The van der Waals surface area contributed by atoms with Gasteiger partial charge in [-0.2, -0.15) is 0 Å². The fourth-order valence-electron chi connectivity index (χ4n) is 2.01. The molecule has 2 rings (SSSR count). The van der Waals surface area contributed by atoms with Crippen LogP contribution in [0.2, 0.25) is 0 Å². The van der Waals surface area contributed by atoms with Crippen LogP contribution in [0, 0.1) is 0 Å². The van der Waals surface area contributed by atoms with Gasteiger partial charge in [0.2, 0.25) is 0 Å². The van der Waals surface area contributed by atoms with Crippen molar-refractivity contribution in [3.63, 3.8) is 0 Å². The first-order chi connectivity index (χ1) is 9.29. The first-order valence-corrected chi connectivity index (χ1v) is 7.60. The highest BCUT2D eigenvalue weighted by atomic mass is 32.2. The molecule has 1 aromatic heterocycles. The van der Waals surface area contributed by atoms with Crippen molar-refractivity contribution < 1.29 is 9.47 Å². The molecule has 1 fully saturated rings. The van der Waals surface area contributed by atoms with Crippen LogP contribution < -0.4 is 5.32 Å². The van der Waals surface area contributed by atoms with Gasteiger partial charge >= 0.3 is 0 Å². The zero-order chi connectivity index (χ0) is 13.5. The van der Waals surface area contributed by atoms with Gasteiger partial charge in [-0.25, -0.2) is 4.98 Å². The molecule has 0 bridgehead atoms. The number of pyridine rings is 1. The number of hydrogen-bond donors (Lipinski definition) is 1. The van der Waals surface area contributed by atoms with Crippen LogP contribution in [0.4, 0.5) is 0 Å². The van der Waals surface area contributed by atoms with Crippen molar-refractivity contribution in [2.24, 2.45) is 0 Å². The Morgan fingerprint density at radius 3 is 3.05 bits per heavy atom. The van der Waals surface area contributed by atoms with Crippen molar-refractivity contribution in [3.8, 4) is 0 Å². The Bertz CT molecular complexity index is 372. The fourth-order valence-corrected chi connectivity index (χ4v) is 3.07. The molecule has 4 nitrogen and oxygen atoms in total. The van der Waals surface area contributed by atoms with Gasteiger partial charge in [0.05, 0.1) is 17.7 Å². The van der Waals surface area contributed by atoms with Crippen LogP contribution in [0.25, 0.3) is 0 Å². The lowest BCUT2D eigenvalue weighted by molar-refractivity contribution is 0.127. The zero-order valence-electron chi connectivity index (χ0n) is 11.6. The van der Waals surface area contributed by atoms with Crippen molar-refractivity contribution in [3.05, 3.63) is 23.9 Å². The summed E-state index contributed by atoms with van der Waals surface area (Å²) in [7, 11) is 1.71. The van der Waals surface area contributed by atoms with Gasteiger partial charge in [0.1, 0.15) is 0 Å². The van der Waals surface area contributed by atoms with Crippen LogP contribution in [0.3, 0.4) is 0 Å². The van der Waals surface area contributed by atoms with E-state index in [9.17, 15) is 0 Å². The second kappa shape index (κ2) is 7.85. The standard InChI is InChI=1S/C14H22N2O2S/c1-11-13(5-7-18-11)19-14-4-3-12(10-16-14)9-15-6-8-17-2/h3-4,10-11,13,15H,5-9H2,1-2H3. The molecule has 19 heavy (non-hydrogen) atoms. The molecular weight excluding hydrogens is 260 g/mol. The van der Waals surface area contributed by atoms with E-state index in [1.807, 2.05) is 18.0 Å². The number of rotatable bonds is 7. The molecule has 0 amide bonds. The molecule has 0 aliphatic carbocycles. The number of ether oxygens (including phenoxy) is 2. The quantitative estimate of drug-likeness (QED) is 0.776. The van der Waals surface area contributed by atoms with Crippen LogP contribution in [-0.4, -0.2) is 43.2 Å². The summed E-state index contributed by atoms with van der Waals surface area (Å²) in [6.07, 6.45) is 3.40. The first-order valence-electron chi connectivity index (χ1n) is 6.72. The lowest BCUT2D eigenvalue weighted by Crippen LogP contribution is -2.18. The van der Waals surface area contributed by atoms with Crippen LogP contribution in [0.5, 0.6) is 0 Å². The third-order valence-corrected chi connectivity index (χ3v) is 4.59. The maximum absolute atomic E-state index is 5.57. The predicted octanol–water partition coefficient (Wildman–Crippen LogP) is 2.09. The van der Waals surface area contributed by atoms with Gasteiger partial charge in [-0.3, -0.25) is 0 Å². The Morgan fingerprint density at radius 1 is 1.53 bits per heavy atom. The number of methoxy groups -OCH3 is 1. The zero-order valence-corrected chi connectivity index (χ0v) is 12.4. The van der Waals surface area contributed by atoms with Gasteiger partial charge in [0, 0.05) is 38.3 Å². The van der Waals surface area contributed by atoms with Gasteiger partial charge in [-0.1, -0.05) is 6.07 Å². The smallest absolute Gasteiger partial charge is 0.0963 e. The van der Waals surface area contributed by atoms with E-state index in [0.717, 1.165) is 37.8 Å². The SMILES string of the molecule is COCCNCc1ccc(SC2CCOC2C)nc1. The van der Waals surface area contributed by atoms with E-state index in [0.29, 0.717) is 11.4 Å². The normalized spacial score (nSPS) is 22.8. The molecule has 0 saturated carbocycles. The van der Waals surface area contributed by atoms with Gasteiger partial charge < -0.3 is 14.8 Å². The molecule has 0 aromatic carbocycles. The molecular formula is C14H22N2O2S. The largest absolute Gasteiger partial charge is 0.383 e. The Hall–Kier alpha value is -0.620. The monoisotopic (exact) mass is 282 g/mol. The van der Waals surface area contributed by atoms with E-state index < -0.39 is 0 Å². The third kappa shape index (κ3) is 4.76. The molecule has 2 atom stereocenters. The average molecular weight is 282 g/mol. The lowest BCUT2D eigenvalue weighted by atomic mass is 10.3. The maximum atomic E-state index is 5.57. The van der Waals surface area contributed by atoms with Crippen molar-refractivity contribution in [1.29, 1.82) is 0 Å². The second-order valence-electron chi connectivity index (χ2n) is 4.70. The lowest BCUT2D eigenvalue weighted by Gasteiger charge is -2.12. The number of nitrogens with zero attached hydrogens (tertiary/aromatic N) is 1. The van der Waals surface area contributed by atoms with Crippen molar-refractivity contribution in [2.75, 3.05) is 26.9 Å². The molecule has 1 aromatic rings. The summed E-state index contributed by atoms with van der Waals surface area (Å²) >= 11 is 1.82. The maximum Gasteiger partial charge on any atom is 0.0963 e. The highest BCUT2D eigenvalue weighted by Crippen LogP contribution is 2.31. The van der Waals surface area contributed by atoms with E-state index in [-0.39, 0.29) is 0 Å². The minimum atomic E-state index is 0.335. The van der Waals surface area contributed by atoms with Gasteiger partial charge in [-0.05, 0) is 25.0 Å². The third-order valence-electron chi connectivity index (χ3n) is 3.19. The van der Waals surface area contributed by atoms with Crippen LogP contribution in [-0.2, 0) is 16.0 Å². The average Bonchev–Trinajstić information content (AvgIpc) is 2.82. The Morgan fingerprint density at radius 2 is 2.42 bits per heavy atom. The van der Waals surface area contributed by atoms with Crippen LogP contribution >= 0.6 is 11.8 Å². The van der Waals surface area contributed by atoms with E-state index in [1.54, 1.807) is 7.11 Å². The topological polar surface area (TPSA) is 43.4 Å². The molecule has 1 aliphatic rings. The molecule has 0 radical (unpaired) electrons.